The summed E-state index contributed by atoms with van der Waals surface area (Å²) in [7, 11) is 1.42. The molecular formula is C10H18F3N. The first-order valence-electron chi connectivity index (χ1n) is 5.09. The van der Waals surface area contributed by atoms with Gasteiger partial charge >= 0.3 is 6.18 Å². The van der Waals surface area contributed by atoms with E-state index in [0.29, 0.717) is 18.8 Å². The van der Waals surface area contributed by atoms with Crippen LogP contribution in [0.5, 0.6) is 0 Å². The summed E-state index contributed by atoms with van der Waals surface area (Å²) in [5.74, 6) is 0.0741. The smallest absolute Gasteiger partial charge is 0.306 e. The maximum Gasteiger partial charge on any atom is 0.406 e. The predicted molar refractivity (Wildman–Crippen MR) is 50.0 cm³/mol. The Kier molecular flexibility index (Phi) is 3.14. The van der Waals surface area contributed by atoms with Crippen molar-refractivity contribution in [2.75, 3.05) is 7.05 Å². The van der Waals surface area contributed by atoms with Gasteiger partial charge in [0, 0.05) is 0 Å². The van der Waals surface area contributed by atoms with Crippen molar-refractivity contribution in [3.63, 3.8) is 0 Å². The summed E-state index contributed by atoms with van der Waals surface area (Å²) in [5.41, 5.74) is -1.65. The summed E-state index contributed by atoms with van der Waals surface area (Å²) >= 11 is 0. The van der Waals surface area contributed by atoms with Gasteiger partial charge in [0.05, 0.1) is 0 Å². The van der Waals surface area contributed by atoms with Gasteiger partial charge in [-0.3, -0.25) is 0 Å². The average molecular weight is 209 g/mol. The molecule has 0 aromatic carbocycles. The third kappa shape index (κ3) is 1.76. The van der Waals surface area contributed by atoms with E-state index in [4.69, 9.17) is 0 Å². The summed E-state index contributed by atoms with van der Waals surface area (Å²) in [6.07, 6.45) is -2.62. The highest BCUT2D eigenvalue weighted by molar-refractivity contribution is 5.01. The average Bonchev–Trinajstić information content (AvgIpc) is 2.02. The van der Waals surface area contributed by atoms with Gasteiger partial charge < -0.3 is 5.32 Å². The van der Waals surface area contributed by atoms with Crippen LogP contribution in [0.15, 0.2) is 0 Å². The first-order valence-corrected chi connectivity index (χ1v) is 5.09. The summed E-state index contributed by atoms with van der Waals surface area (Å²) < 4.78 is 38.7. The Morgan fingerprint density at radius 1 is 1.29 bits per heavy atom. The molecule has 0 amide bonds. The van der Waals surface area contributed by atoms with Crippen molar-refractivity contribution in [1.29, 1.82) is 0 Å². The van der Waals surface area contributed by atoms with Gasteiger partial charge in [0.1, 0.15) is 5.54 Å². The minimum absolute atomic E-state index is 0.204. The molecule has 1 aliphatic carbocycles. The molecule has 0 aliphatic heterocycles. The molecule has 0 aromatic rings. The van der Waals surface area contributed by atoms with Gasteiger partial charge in [-0.2, -0.15) is 13.2 Å². The monoisotopic (exact) mass is 209 g/mol. The number of halogens is 3. The third-order valence-corrected chi connectivity index (χ3v) is 3.58. The molecule has 1 nitrogen and oxygen atoms in total. The Morgan fingerprint density at radius 2 is 1.86 bits per heavy atom. The quantitative estimate of drug-likeness (QED) is 0.700. The molecule has 0 radical (unpaired) electrons. The second-order valence-electron chi connectivity index (χ2n) is 4.50. The van der Waals surface area contributed by atoms with Gasteiger partial charge in [-0.25, -0.2) is 0 Å². The lowest BCUT2D eigenvalue weighted by atomic mass is 9.69. The normalized spacial score (nSPS) is 39.9. The molecule has 14 heavy (non-hydrogen) atoms. The third-order valence-electron chi connectivity index (χ3n) is 3.58. The van der Waals surface area contributed by atoms with Crippen LogP contribution >= 0.6 is 0 Å². The van der Waals surface area contributed by atoms with Crippen LogP contribution in [-0.2, 0) is 0 Å². The molecule has 1 rings (SSSR count). The summed E-state index contributed by atoms with van der Waals surface area (Å²) in [6, 6.07) is 0. The molecule has 0 spiro atoms. The molecule has 1 aliphatic rings. The van der Waals surface area contributed by atoms with E-state index in [0.717, 1.165) is 0 Å². The van der Waals surface area contributed by atoms with E-state index < -0.39 is 11.7 Å². The molecule has 0 bridgehead atoms. The van der Waals surface area contributed by atoms with Crippen molar-refractivity contribution in [1.82, 2.24) is 5.32 Å². The van der Waals surface area contributed by atoms with Crippen LogP contribution in [-0.4, -0.2) is 18.8 Å². The summed E-state index contributed by atoms with van der Waals surface area (Å²) in [6.45, 7) is 3.71. The van der Waals surface area contributed by atoms with Gasteiger partial charge in [0.15, 0.2) is 0 Å². The number of nitrogens with one attached hydrogen (secondary N) is 1. The van der Waals surface area contributed by atoms with Crippen molar-refractivity contribution in [2.45, 2.75) is 44.8 Å². The summed E-state index contributed by atoms with van der Waals surface area (Å²) in [4.78, 5) is 0. The second kappa shape index (κ2) is 3.72. The van der Waals surface area contributed by atoms with Gasteiger partial charge in [-0.15, -0.1) is 0 Å². The van der Waals surface area contributed by atoms with E-state index in [1.54, 1.807) is 6.92 Å². The lowest BCUT2D eigenvalue weighted by Crippen LogP contribution is -2.61. The van der Waals surface area contributed by atoms with E-state index in [2.05, 4.69) is 5.32 Å². The van der Waals surface area contributed by atoms with Crippen LogP contribution in [0, 0.1) is 11.8 Å². The SMILES string of the molecule is CNC1(C(F)(F)F)CCC(C)CC1C. The largest absolute Gasteiger partial charge is 0.406 e. The van der Waals surface area contributed by atoms with Crippen molar-refractivity contribution in [3.05, 3.63) is 0 Å². The van der Waals surface area contributed by atoms with Gasteiger partial charge in [0.25, 0.3) is 0 Å². The Labute approximate surface area is 83.1 Å². The van der Waals surface area contributed by atoms with Gasteiger partial charge in [0.2, 0.25) is 0 Å². The van der Waals surface area contributed by atoms with Crippen LogP contribution in [0.1, 0.15) is 33.1 Å². The fourth-order valence-corrected chi connectivity index (χ4v) is 2.58. The Bertz CT molecular complexity index is 202. The van der Waals surface area contributed by atoms with E-state index >= 15 is 0 Å². The van der Waals surface area contributed by atoms with Crippen molar-refractivity contribution in [2.24, 2.45) is 11.8 Å². The molecule has 3 atom stereocenters. The maximum atomic E-state index is 12.9. The van der Waals surface area contributed by atoms with Crippen LogP contribution in [0.25, 0.3) is 0 Å². The Morgan fingerprint density at radius 3 is 2.21 bits per heavy atom. The molecule has 1 N–H and O–H groups in total. The minimum atomic E-state index is -4.14. The zero-order chi connectivity index (χ0) is 11.0. The highest BCUT2D eigenvalue weighted by Gasteiger charge is 2.58. The van der Waals surface area contributed by atoms with Crippen molar-refractivity contribution >= 4 is 0 Å². The molecule has 0 aromatic heterocycles. The van der Waals surface area contributed by atoms with Gasteiger partial charge in [-0.05, 0) is 38.1 Å². The highest BCUT2D eigenvalue weighted by atomic mass is 19.4. The predicted octanol–water partition coefficient (Wildman–Crippen LogP) is 2.96. The first kappa shape index (κ1) is 11.8. The molecule has 84 valence electrons. The Hall–Kier alpha value is -0.250. The zero-order valence-corrected chi connectivity index (χ0v) is 8.91. The van der Waals surface area contributed by atoms with E-state index in [1.807, 2.05) is 6.92 Å². The lowest BCUT2D eigenvalue weighted by molar-refractivity contribution is -0.220. The molecule has 0 heterocycles. The molecule has 1 saturated carbocycles. The fourth-order valence-electron chi connectivity index (χ4n) is 2.58. The second-order valence-corrected chi connectivity index (χ2v) is 4.50. The lowest BCUT2D eigenvalue weighted by Gasteiger charge is -2.45. The van der Waals surface area contributed by atoms with Crippen molar-refractivity contribution < 1.29 is 13.2 Å². The van der Waals surface area contributed by atoms with Crippen LogP contribution < -0.4 is 5.32 Å². The van der Waals surface area contributed by atoms with E-state index in [9.17, 15) is 13.2 Å². The number of alkyl halides is 3. The fraction of sp³-hybridized carbons (Fsp3) is 1.00. The highest BCUT2D eigenvalue weighted by Crippen LogP contribution is 2.46. The molecule has 3 unspecified atom stereocenters. The van der Waals surface area contributed by atoms with E-state index in [-0.39, 0.29) is 12.3 Å². The molecular weight excluding hydrogens is 191 g/mol. The van der Waals surface area contributed by atoms with Crippen LogP contribution in [0.2, 0.25) is 0 Å². The van der Waals surface area contributed by atoms with Crippen LogP contribution in [0.4, 0.5) is 13.2 Å². The van der Waals surface area contributed by atoms with Crippen molar-refractivity contribution in [3.8, 4) is 0 Å². The standard InChI is InChI=1S/C10H18F3N/c1-7-4-5-9(14-3,8(2)6-7)10(11,12)13/h7-8,14H,4-6H2,1-3H3. The van der Waals surface area contributed by atoms with E-state index in [1.165, 1.54) is 7.05 Å². The molecule has 1 fully saturated rings. The minimum Gasteiger partial charge on any atom is -0.306 e. The van der Waals surface area contributed by atoms with Crippen LogP contribution in [0.3, 0.4) is 0 Å². The zero-order valence-electron chi connectivity index (χ0n) is 8.91. The number of hydrogen-bond acceptors (Lipinski definition) is 1. The maximum absolute atomic E-state index is 12.9. The topological polar surface area (TPSA) is 12.0 Å². The number of hydrogen-bond donors (Lipinski definition) is 1. The molecule has 0 saturated heterocycles. The Balaban J connectivity index is 2.89. The first-order chi connectivity index (χ1) is 6.33. The molecule has 4 heteroatoms. The number of rotatable bonds is 1. The van der Waals surface area contributed by atoms with Gasteiger partial charge in [-0.1, -0.05) is 13.8 Å². The summed E-state index contributed by atoms with van der Waals surface area (Å²) in [5, 5.41) is 2.50.